The van der Waals surface area contributed by atoms with E-state index in [4.69, 9.17) is 18.6 Å². The molecule has 0 radical (unpaired) electrons. The van der Waals surface area contributed by atoms with Crippen LogP contribution in [0.5, 0.6) is 0 Å². The minimum atomic E-state index is -2.43. The van der Waals surface area contributed by atoms with Gasteiger partial charge in [-0.2, -0.15) is 0 Å². The average molecular weight is 673 g/mol. The molecule has 47 heavy (non-hydrogen) atoms. The Morgan fingerprint density at radius 3 is 2.17 bits per heavy atom. The second-order valence-electron chi connectivity index (χ2n) is 14.8. The van der Waals surface area contributed by atoms with Gasteiger partial charge in [-0.3, -0.25) is 9.59 Å². The number of carbonyl (C=O) groups is 3. The number of ether oxygens (including phenoxy) is 3. The quantitative estimate of drug-likeness (QED) is 0.195. The zero-order valence-electron chi connectivity index (χ0n) is 29.0. The number of hydrogen-bond acceptors (Lipinski definition) is 10. The summed E-state index contributed by atoms with van der Waals surface area (Å²) >= 11 is 0. The number of aliphatic hydroxyl groups excluding tert-OH is 2. The van der Waals surface area contributed by atoms with Crippen LogP contribution in [0.4, 0.5) is 0 Å². The van der Waals surface area contributed by atoms with Gasteiger partial charge < -0.3 is 34.0 Å². The molecule has 10 nitrogen and oxygen atoms in total. The van der Waals surface area contributed by atoms with E-state index >= 15 is 4.79 Å². The van der Waals surface area contributed by atoms with Crippen LogP contribution in [0.1, 0.15) is 85.0 Å². The molecular formula is C36H52O10Si. The Kier molecular flexibility index (Phi) is 9.53. The Hall–Kier alpha value is -2.41. The molecule has 2 saturated carbocycles. The van der Waals surface area contributed by atoms with E-state index in [0.29, 0.717) is 5.57 Å². The average Bonchev–Trinajstić information content (AvgIpc) is 3.05. The van der Waals surface area contributed by atoms with Crippen molar-refractivity contribution in [3.63, 3.8) is 0 Å². The van der Waals surface area contributed by atoms with Gasteiger partial charge in [-0.1, -0.05) is 59.7 Å². The predicted octanol–water partition coefficient (Wildman–Crippen LogP) is 4.50. The SMILES string of the molecule is CCC(=O)O[C@@]12CO[C@@H]1C[C@H](O[Si](CC)(CC)CC)[C@@]1(C)C(=O)[C@H](O)C3=C(C)[C@@H](O)C[C@@](O)([C@@H](OC(=O)c4ccccc4)[C@H]21)C3(C)C. The van der Waals surface area contributed by atoms with Gasteiger partial charge >= 0.3 is 11.9 Å². The molecule has 1 aliphatic heterocycles. The first-order valence-corrected chi connectivity index (χ1v) is 19.7. The number of rotatable bonds is 9. The zero-order valence-corrected chi connectivity index (χ0v) is 30.0. The van der Waals surface area contributed by atoms with Crippen molar-refractivity contribution in [2.24, 2.45) is 16.7 Å². The summed E-state index contributed by atoms with van der Waals surface area (Å²) in [5, 5.41) is 36.7. The van der Waals surface area contributed by atoms with Crippen molar-refractivity contribution in [2.75, 3.05) is 6.61 Å². The number of esters is 2. The van der Waals surface area contributed by atoms with Crippen LogP contribution in [0.25, 0.3) is 0 Å². The third-order valence-electron chi connectivity index (χ3n) is 12.5. The van der Waals surface area contributed by atoms with Crippen molar-refractivity contribution in [3.05, 3.63) is 47.0 Å². The lowest BCUT2D eigenvalue weighted by atomic mass is 9.44. The highest BCUT2D eigenvalue weighted by Gasteiger charge is 2.78. The van der Waals surface area contributed by atoms with Crippen LogP contribution < -0.4 is 0 Å². The van der Waals surface area contributed by atoms with Gasteiger partial charge in [-0.15, -0.1) is 0 Å². The summed E-state index contributed by atoms with van der Waals surface area (Å²) in [5.74, 6) is -3.06. The van der Waals surface area contributed by atoms with Crippen molar-refractivity contribution >= 4 is 26.0 Å². The second-order valence-corrected chi connectivity index (χ2v) is 19.5. The molecule has 4 aliphatic rings. The number of aliphatic hydroxyl groups is 3. The van der Waals surface area contributed by atoms with Crippen LogP contribution in [0, 0.1) is 16.7 Å². The van der Waals surface area contributed by atoms with Crippen LogP contribution in [-0.2, 0) is 28.2 Å². The number of carbonyl (C=O) groups excluding carboxylic acids is 3. The Labute approximate surface area is 278 Å². The van der Waals surface area contributed by atoms with E-state index in [1.54, 1.807) is 65.0 Å². The van der Waals surface area contributed by atoms with Crippen molar-refractivity contribution in [3.8, 4) is 0 Å². The first-order chi connectivity index (χ1) is 22.0. The molecule has 1 saturated heterocycles. The fourth-order valence-electron chi connectivity index (χ4n) is 9.13. The van der Waals surface area contributed by atoms with Gasteiger partial charge in [0.05, 0.1) is 35.7 Å². The lowest BCUT2D eigenvalue weighted by Gasteiger charge is -2.68. The highest BCUT2D eigenvalue weighted by Crippen LogP contribution is 2.64. The summed E-state index contributed by atoms with van der Waals surface area (Å²) in [7, 11) is -2.43. The summed E-state index contributed by atoms with van der Waals surface area (Å²) in [5.41, 5.74) is -5.69. The van der Waals surface area contributed by atoms with Crippen molar-refractivity contribution in [2.45, 2.75) is 135 Å². The standard InChI is InChI=1S/C36H52O10Si/c1-9-26(38)45-35-20-43-25(35)18-24(46-47(10-2,11-3)12-4)34(8)29(35)31(44-32(41)22-16-14-13-15-17-22)36(42)19-23(37)21(5)27(33(36,6)7)28(39)30(34)40/h13-17,23-25,28-29,31,37,39,42H,9-12,18-20H2,1-8H3/t23-,24-,25+,28+,29-,31-,34+,35-,36+/m0/s1. The molecule has 11 heteroatoms. The predicted molar refractivity (Wildman–Crippen MR) is 176 cm³/mol. The molecule has 2 bridgehead atoms. The normalized spacial score (nSPS) is 37.9. The number of hydrogen-bond donors (Lipinski definition) is 3. The fraction of sp³-hybridized carbons (Fsp3) is 0.694. The molecule has 1 aromatic carbocycles. The largest absolute Gasteiger partial charge is 0.455 e. The van der Waals surface area contributed by atoms with Crippen LogP contribution in [-0.4, -0.2) is 89.7 Å². The van der Waals surface area contributed by atoms with Gasteiger partial charge in [0.1, 0.15) is 23.9 Å². The molecule has 9 atom stereocenters. The smallest absolute Gasteiger partial charge is 0.338 e. The second kappa shape index (κ2) is 12.5. The highest BCUT2D eigenvalue weighted by molar-refractivity contribution is 6.73. The van der Waals surface area contributed by atoms with Gasteiger partial charge in [0.15, 0.2) is 19.7 Å². The molecule has 1 heterocycles. The molecule has 0 amide bonds. The summed E-state index contributed by atoms with van der Waals surface area (Å²) in [4.78, 5) is 42.4. The van der Waals surface area contributed by atoms with Crippen LogP contribution in [0.3, 0.4) is 0 Å². The molecule has 5 rings (SSSR count). The lowest BCUT2D eigenvalue weighted by molar-refractivity contribution is -0.345. The molecule has 0 aromatic heterocycles. The molecule has 1 aromatic rings. The van der Waals surface area contributed by atoms with E-state index < -0.39 is 84.5 Å². The van der Waals surface area contributed by atoms with E-state index in [-0.39, 0.29) is 37.0 Å². The van der Waals surface area contributed by atoms with Gasteiger partial charge in [0.25, 0.3) is 0 Å². The first kappa shape index (κ1) is 35.9. The van der Waals surface area contributed by atoms with Gasteiger partial charge in [-0.25, -0.2) is 4.79 Å². The number of fused-ring (bicyclic) bond motifs is 5. The monoisotopic (exact) mass is 672 g/mol. The summed E-state index contributed by atoms with van der Waals surface area (Å²) < 4.78 is 26.0. The van der Waals surface area contributed by atoms with E-state index in [1.165, 1.54) is 0 Å². The first-order valence-electron chi connectivity index (χ1n) is 17.1. The molecule has 3 aliphatic carbocycles. The van der Waals surface area contributed by atoms with Crippen molar-refractivity contribution in [1.29, 1.82) is 0 Å². The molecule has 3 fully saturated rings. The topological polar surface area (TPSA) is 149 Å². The Balaban J connectivity index is 1.84. The number of Topliss-reactive ketones (excluding diaryl/α,β-unsaturated/α-hetero) is 1. The van der Waals surface area contributed by atoms with E-state index in [2.05, 4.69) is 20.8 Å². The minimum absolute atomic E-state index is 0.0426. The third-order valence-corrected chi connectivity index (χ3v) is 17.1. The molecule has 0 spiro atoms. The number of ketones is 1. The Bertz CT molecular complexity index is 1410. The van der Waals surface area contributed by atoms with Crippen LogP contribution >= 0.6 is 0 Å². The van der Waals surface area contributed by atoms with Gasteiger partial charge in [-0.05, 0) is 55.3 Å². The van der Waals surface area contributed by atoms with E-state index in [0.717, 1.165) is 18.1 Å². The van der Waals surface area contributed by atoms with E-state index in [1.807, 2.05) is 0 Å². The highest BCUT2D eigenvalue weighted by atomic mass is 28.4. The molecule has 3 N–H and O–H groups in total. The summed E-state index contributed by atoms with van der Waals surface area (Å²) in [6.45, 7) is 14.6. The van der Waals surface area contributed by atoms with Crippen molar-refractivity contribution < 1.29 is 48.3 Å². The maximum Gasteiger partial charge on any atom is 0.338 e. The Morgan fingerprint density at radius 1 is 1.02 bits per heavy atom. The van der Waals surface area contributed by atoms with Crippen LogP contribution in [0.15, 0.2) is 41.5 Å². The summed E-state index contributed by atoms with van der Waals surface area (Å²) in [6.07, 6.45) is -5.98. The van der Waals surface area contributed by atoms with Gasteiger partial charge in [0.2, 0.25) is 0 Å². The zero-order chi connectivity index (χ0) is 34.7. The Morgan fingerprint density at radius 2 is 1.64 bits per heavy atom. The maximum atomic E-state index is 15.2. The number of benzene rings is 1. The molecule has 260 valence electrons. The maximum absolute atomic E-state index is 15.2. The van der Waals surface area contributed by atoms with E-state index in [9.17, 15) is 24.9 Å². The minimum Gasteiger partial charge on any atom is -0.455 e. The summed E-state index contributed by atoms with van der Waals surface area (Å²) in [6, 6.07) is 10.7. The third kappa shape index (κ3) is 5.18. The molecule has 0 unspecified atom stereocenters. The van der Waals surface area contributed by atoms with Crippen LogP contribution in [0.2, 0.25) is 18.1 Å². The van der Waals surface area contributed by atoms with Gasteiger partial charge in [0, 0.05) is 24.7 Å². The lowest BCUT2D eigenvalue weighted by Crippen LogP contribution is -2.82. The fourth-order valence-corrected chi connectivity index (χ4v) is 12.1. The van der Waals surface area contributed by atoms with Crippen molar-refractivity contribution in [1.82, 2.24) is 0 Å². The molecular weight excluding hydrogens is 620 g/mol.